The Bertz CT molecular complexity index is 421. The van der Waals surface area contributed by atoms with Crippen LogP contribution in [0, 0.1) is 0 Å². The molecular formula is C17H28N2O2. The highest BCUT2D eigenvalue weighted by molar-refractivity contribution is 5.72. The summed E-state index contributed by atoms with van der Waals surface area (Å²) in [5.41, 5.74) is 2.21. The summed E-state index contributed by atoms with van der Waals surface area (Å²) in [7, 11) is 1.43. The molecule has 4 heteroatoms. The summed E-state index contributed by atoms with van der Waals surface area (Å²) >= 11 is 0. The van der Waals surface area contributed by atoms with E-state index >= 15 is 0 Å². The number of nitrogens with zero attached hydrogens (tertiary/aromatic N) is 1. The van der Waals surface area contributed by atoms with Crippen molar-refractivity contribution in [3.8, 4) is 0 Å². The first-order valence-corrected chi connectivity index (χ1v) is 7.77. The lowest BCUT2D eigenvalue weighted by Gasteiger charge is -2.19. The molecule has 0 amide bonds. The normalized spacial score (nSPS) is 10.9. The largest absolute Gasteiger partial charge is 0.469 e. The Morgan fingerprint density at radius 2 is 1.90 bits per heavy atom. The van der Waals surface area contributed by atoms with E-state index in [0.29, 0.717) is 6.42 Å². The van der Waals surface area contributed by atoms with Gasteiger partial charge in [0.05, 0.1) is 13.5 Å². The SMILES string of the molecule is CCCN(CC)CCNCc1ccccc1CC(=O)OC. The van der Waals surface area contributed by atoms with Crippen molar-refractivity contribution in [3.05, 3.63) is 35.4 Å². The molecule has 0 saturated heterocycles. The molecule has 1 N–H and O–H groups in total. The molecular weight excluding hydrogens is 264 g/mol. The van der Waals surface area contributed by atoms with Crippen LogP contribution in [0.1, 0.15) is 31.4 Å². The van der Waals surface area contributed by atoms with E-state index in [1.165, 1.54) is 19.1 Å². The second kappa shape index (κ2) is 10.4. The number of rotatable bonds is 10. The molecule has 0 saturated carbocycles. The summed E-state index contributed by atoms with van der Waals surface area (Å²) in [6, 6.07) is 8.02. The molecule has 118 valence electrons. The van der Waals surface area contributed by atoms with Crippen LogP contribution in [0.15, 0.2) is 24.3 Å². The van der Waals surface area contributed by atoms with Gasteiger partial charge < -0.3 is 15.0 Å². The second-order valence-corrected chi connectivity index (χ2v) is 5.13. The predicted molar refractivity (Wildman–Crippen MR) is 86.3 cm³/mol. The molecule has 0 aromatic heterocycles. The van der Waals surface area contributed by atoms with Crippen molar-refractivity contribution in [3.63, 3.8) is 0 Å². The van der Waals surface area contributed by atoms with Crippen LogP contribution in [-0.4, -0.2) is 44.2 Å². The molecule has 21 heavy (non-hydrogen) atoms. The molecule has 1 rings (SSSR count). The van der Waals surface area contributed by atoms with Crippen molar-refractivity contribution < 1.29 is 9.53 Å². The van der Waals surface area contributed by atoms with E-state index in [1.54, 1.807) is 0 Å². The smallest absolute Gasteiger partial charge is 0.309 e. The lowest BCUT2D eigenvalue weighted by atomic mass is 10.0. The van der Waals surface area contributed by atoms with E-state index in [2.05, 4.69) is 30.1 Å². The van der Waals surface area contributed by atoms with Crippen LogP contribution in [0.3, 0.4) is 0 Å². The first-order valence-electron chi connectivity index (χ1n) is 7.77. The van der Waals surface area contributed by atoms with Crippen molar-refractivity contribution in [2.75, 3.05) is 33.3 Å². The molecule has 1 aromatic carbocycles. The molecule has 0 aliphatic heterocycles. The van der Waals surface area contributed by atoms with Crippen LogP contribution >= 0.6 is 0 Å². The maximum Gasteiger partial charge on any atom is 0.309 e. The number of hydrogen-bond donors (Lipinski definition) is 1. The Balaban J connectivity index is 2.42. The summed E-state index contributed by atoms with van der Waals surface area (Å²) in [5, 5.41) is 3.46. The fraction of sp³-hybridized carbons (Fsp3) is 0.588. The number of carbonyl (C=O) groups is 1. The maximum absolute atomic E-state index is 11.4. The number of nitrogens with one attached hydrogen (secondary N) is 1. The number of carbonyl (C=O) groups excluding carboxylic acids is 1. The Morgan fingerprint density at radius 1 is 1.19 bits per heavy atom. The third-order valence-corrected chi connectivity index (χ3v) is 3.59. The summed E-state index contributed by atoms with van der Waals surface area (Å²) in [6.45, 7) is 9.45. The molecule has 0 fully saturated rings. The van der Waals surface area contributed by atoms with E-state index in [0.717, 1.165) is 38.3 Å². The average Bonchev–Trinajstić information content (AvgIpc) is 2.51. The first-order chi connectivity index (χ1) is 10.2. The molecule has 4 nitrogen and oxygen atoms in total. The monoisotopic (exact) mass is 292 g/mol. The number of methoxy groups -OCH3 is 1. The molecule has 0 bridgehead atoms. The molecule has 0 spiro atoms. The van der Waals surface area contributed by atoms with Crippen LogP contribution in [0.25, 0.3) is 0 Å². The summed E-state index contributed by atoms with van der Waals surface area (Å²) in [6.07, 6.45) is 1.53. The highest BCUT2D eigenvalue weighted by Gasteiger charge is 2.07. The van der Waals surface area contributed by atoms with Crippen molar-refractivity contribution >= 4 is 5.97 Å². The molecule has 0 unspecified atom stereocenters. The highest BCUT2D eigenvalue weighted by Crippen LogP contribution is 2.10. The minimum atomic E-state index is -0.192. The molecule has 0 heterocycles. The molecule has 0 atom stereocenters. The van der Waals surface area contributed by atoms with Crippen molar-refractivity contribution in [1.29, 1.82) is 0 Å². The lowest BCUT2D eigenvalue weighted by molar-refractivity contribution is -0.139. The minimum Gasteiger partial charge on any atom is -0.469 e. The van der Waals surface area contributed by atoms with Crippen LogP contribution in [0.4, 0.5) is 0 Å². The standard InChI is InChI=1S/C17H28N2O2/c1-4-11-19(5-2)12-10-18-14-16-9-7-6-8-15(16)13-17(20)21-3/h6-9,18H,4-5,10-14H2,1-3H3. The summed E-state index contributed by atoms with van der Waals surface area (Å²) in [5.74, 6) is -0.192. The number of hydrogen-bond acceptors (Lipinski definition) is 4. The molecule has 0 radical (unpaired) electrons. The fourth-order valence-electron chi connectivity index (χ4n) is 2.33. The van der Waals surface area contributed by atoms with E-state index in [9.17, 15) is 4.79 Å². The quantitative estimate of drug-likeness (QED) is 0.530. The van der Waals surface area contributed by atoms with Crippen LogP contribution in [0.5, 0.6) is 0 Å². The van der Waals surface area contributed by atoms with Crippen molar-refractivity contribution in [2.45, 2.75) is 33.2 Å². The van der Waals surface area contributed by atoms with Gasteiger partial charge in [0.2, 0.25) is 0 Å². The number of likely N-dealkylation sites (N-methyl/N-ethyl adjacent to an activating group) is 1. The van der Waals surface area contributed by atoms with E-state index < -0.39 is 0 Å². The maximum atomic E-state index is 11.4. The second-order valence-electron chi connectivity index (χ2n) is 5.13. The molecule has 0 aliphatic carbocycles. The van der Waals surface area contributed by atoms with E-state index in [1.807, 2.05) is 18.2 Å². The predicted octanol–water partition coefficient (Wildman–Crippen LogP) is 2.22. The third-order valence-electron chi connectivity index (χ3n) is 3.59. The van der Waals surface area contributed by atoms with Gasteiger partial charge >= 0.3 is 5.97 Å². The van der Waals surface area contributed by atoms with Gasteiger partial charge in [-0.1, -0.05) is 38.1 Å². The van der Waals surface area contributed by atoms with Gasteiger partial charge in [-0.2, -0.15) is 0 Å². The number of ether oxygens (including phenoxy) is 1. The highest BCUT2D eigenvalue weighted by atomic mass is 16.5. The average molecular weight is 292 g/mol. The van der Waals surface area contributed by atoms with E-state index in [-0.39, 0.29) is 5.97 Å². The molecule has 1 aromatic rings. The first kappa shape index (κ1) is 17.7. The zero-order valence-electron chi connectivity index (χ0n) is 13.5. The van der Waals surface area contributed by atoms with Gasteiger partial charge in [-0.15, -0.1) is 0 Å². The van der Waals surface area contributed by atoms with Gasteiger partial charge in [-0.25, -0.2) is 0 Å². The van der Waals surface area contributed by atoms with Crippen molar-refractivity contribution in [2.24, 2.45) is 0 Å². The Hall–Kier alpha value is -1.39. The van der Waals surface area contributed by atoms with Gasteiger partial charge in [-0.05, 0) is 30.6 Å². The zero-order valence-corrected chi connectivity index (χ0v) is 13.5. The number of esters is 1. The topological polar surface area (TPSA) is 41.6 Å². The summed E-state index contributed by atoms with van der Waals surface area (Å²) in [4.78, 5) is 13.9. The van der Waals surface area contributed by atoms with Crippen LogP contribution in [-0.2, 0) is 22.5 Å². The Morgan fingerprint density at radius 3 is 2.52 bits per heavy atom. The van der Waals surface area contributed by atoms with Gasteiger partial charge in [0.1, 0.15) is 0 Å². The third kappa shape index (κ3) is 6.74. The zero-order chi connectivity index (χ0) is 15.5. The summed E-state index contributed by atoms with van der Waals surface area (Å²) < 4.78 is 4.74. The Kier molecular flexibility index (Phi) is 8.71. The Labute approximate surface area is 128 Å². The van der Waals surface area contributed by atoms with Crippen LogP contribution < -0.4 is 5.32 Å². The van der Waals surface area contributed by atoms with E-state index in [4.69, 9.17) is 4.74 Å². The van der Waals surface area contributed by atoms with Gasteiger partial charge in [0.25, 0.3) is 0 Å². The van der Waals surface area contributed by atoms with Gasteiger partial charge in [0.15, 0.2) is 0 Å². The van der Waals surface area contributed by atoms with Gasteiger partial charge in [0, 0.05) is 19.6 Å². The minimum absolute atomic E-state index is 0.192. The van der Waals surface area contributed by atoms with Crippen LogP contribution in [0.2, 0.25) is 0 Å². The molecule has 0 aliphatic rings. The van der Waals surface area contributed by atoms with Crippen molar-refractivity contribution in [1.82, 2.24) is 10.2 Å². The lowest BCUT2D eigenvalue weighted by Crippen LogP contribution is -2.32. The number of benzene rings is 1. The fourth-order valence-corrected chi connectivity index (χ4v) is 2.33. The van der Waals surface area contributed by atoms with Gasteiger partial charge in [-0.3, -0.25) is 4.79 Å².